The van der Waals surface area contributed by atoms with Gasteiger partial charge in [0.1, 0.15) is 0 Å². The summed E-state index contributed by atoms with van der Waals surface area (Å²) in [6.45, 7) is 2.10. The summed E-state index contributed by atoms with van der Waals surface area (Å²) in [5.74, 6) is -0.554. The maximum Gasteiger partial charge on any atom is 0.308 e. The summed E-state index contributed by atoms with van der Waals surface area (Å²) in [6, 6.07) is -0.117. The van der Waals surface area contributed by atoms with Gasteiger partial charge in [0.05, 0.1) is 5.92 Å². The van der Waals surface area contributed by atoms with Crippen molar-refractivity contribution in [1.29, 1.82) is 0 Å². The molecule has 0 heterocycles. The summed E-state index contributed by atoms with van der Waals surface area (Å²) >= 11 is 0. The molecule has 0 spiro atoms. The van der Waals surface area contributed by atoms with E-state index in [0.29, 0.717) is 5.92 Å². The van der Waals surface area contributed by atoms with Gasteiger partial charge in [-0.25, -0.2) is 0 Å². The molecular weight excluding hydrogens is 178 g/mol. The van der Waals surface area contributed by atoms with Crippen LogP contribution < -0.4 is 5.73 Å². The number of nitrogens with two attached hydrogens (primary N) is 1. The molecule has 0 aliphatic heterocycles. The summed E-state index contributed by atoms with van der Waals surface area (Å²) < 4.78 is 0. The predicted octanol–water partition coefficient (Wildman–Crippen LogP) is 1.61. The van der Waals surface area contributed by atoms with Gasteiger partial charge in [0.2, 0.25) is 0 Å². The number of rotatable bonds is 1. The van der Waals surface area contributed by atoms with Crippen LogP contribution in [0.25, 0.3) is 0 Å². The lowest BCUT2D eigenvalue weighted by atomic mass is 9.63. The molecule has 0 saturated heterocycles. The molecule has 14 heavy (non-hydrogen) atoms. The molecule has 0 amide bonds. The summed E-state index contributed by atoms with van der Waals surface area (Å²) in [7, 11) is 0. The first-order valence-corrected chi connectivity index (χ1v) is 5.53. The van der Waals surface area contributed by atoms with Gasteiger partial charge in [0.25, 0.3) is 0 Å². The van der Waals surface area contributed by atoms with Gasteiger partial charge in [-0.15, -0.1) is 0 Å². The van der Waals surface area contributed by atoms with Gasteiger partial charge in [-0.2, -0.15) is 0 Å². The van der Waals surface area contributed by atoms with Gasteiger partial charge in [0.15, 0.2) is 0 Å². The minimum Gasteiger partial charge on any atom is -0.481 e. The van der Waals surface area contributed by atoms with Crippen LogP contribution in [0.1, 0.15) is 39.0 Å². The molecule has 4 unspecified atom stereocenters. The molecule has 0 aromatic rings. The van der Waals surface area contributed by atoms with Crippen LogP contribution in [0.5, 0.6) is 0 Å². The van der Waals surface area contributed by atoms with Crippen LogP contribution in [0.2, 0.25) is 0 Å². The first kappa shape index (κ1) is 9.97. The number of carbonyl (C=O) groups is 1. The maximum atomic E-state index is 11.2. The van der Waals surface area contributed by atoms with Gasteiger partial charge in [-0.1, -0.05) is 13.3 Å². The molecule has 3 saturated carbocycles. The Balaban J connectivity index is 2.33. The van der Waals surface area contributed by atoms with E-state index in [1.54, 1.807) is 0 Å². The summed E-state index contributed by atoms with van der Waals surface area (Å²) in [4.78, 5) is 11.2. The van der Waals surface area contributed by atoms with E-state index in [1.165, 1.54) is 0 Å². The molecule has 0 aromatic carbocycles. The van der Waals surface area contributed by atoms with Crippen LogP contribution in [0.15, 0.2) is 0 Å². The van der Waals surface area contributed by atoms with Crippen molar-refractivity contribution in [1.82, 2.24) is 0 Å². The molecule has 80 valence electrons. The highest BCUT2D eigenvalue weighted by Gasteiger charge is 2.50. The lowest BCUT2D eigenvalue weighted by Crippen LogP contribution is -2.51. The minimum atomic E-state index is -0.688. The highest BCUT2D eigenvalue weighted by molar-refractivity contribution is 5.72. The van der Waals surface area contributed by atoms with Crippen molar-refractivity contribution < 1.29 is 9.90 Å². The number of carboxylic acid groups (broad SMARTS) is 1. The fourth-order valence-corrected chi connectivity index (χ4v) is 3.45. The van der Waals surface area contributed by atoms with Gasteiger partial charge in [-0.3, -0.25) is 4.79 Å². The van der Waals surface area contributed by atoms with Crippen molar-refractivity contribution in [2.24, 2.45) is 23.0 Å². The van der Waals surface area contributed by atoms with Crippen LogP contribution in [0.4, 0.5) is 0 Å². The molecule has 2 bridgehead atoms. The molecule has 3 aliphatic carbocycles. The standard InChI is InChI=1S/C11H19NO2/c1-11-5-2-3-7(4-6-11)9(12)8(11)10(13)14/h7-9H,2-6,12H2,1H3,(H,13,14). The van der Waals surface area contributed by atoms with Crippen molar-refractivity contribution >= 4 is 5.97 Å². The Morgan fingerprint density at radius 2 is 2.14 bits per heavy atom. The first-order valence-electron chi connectivity index (χ1n) is 5.53. The van der Waals surface area contributed by atoms with Crippen LogP contribution in [0, 0.1) is 17.3 Å². The van der Waals surface area contributed by atoms with Crippen molar-refractivity contribution in [3.63, 3.8) is 0 Å². The Bertz CT molecular complexity index is 250. The molecule has 0 aromatic heterocycles. The van der Waals surface area contributed by atoms with Crippen LogP contribution in [-0.4, -0.2) is 17.1 Å². The number of hydrogen-bond acceptors (Lipinski definition) is 2. The smallest absolute Gasteiger partial charge is 0.308 e. The summed E-state index contributed by atoms with van der Waals surface area (Å²) in [5.41, 5.74) is 6.03. The van der Waals surface area contributed by atoms with Gasteiger partial charge >= 0.3 is 5.97 Å². The fraction of sp³-hybridized carbons (Fsp3) is 0.909. The van der Waals surface area contributed by atoms with Crippen molar-refractivity contribution in [3.8, 4) is 0 Å². The molecule has 3 rings (SSSR count). The molecule has 3 N–H and O–H groups in total. The third kappa shape index (κ3) is 1.34. The summed E-state index contributed by atoms with van der Waals surface area (Å²) in [6.07, 6.45) is 5.48. The van der Waals surface area contributed by atoms with Crippen molar-refractivity contribution in [2.75, 3.05) is 0 Å². The molecule has 0 radical (unpaired) electrons. The van der Waals surface area contributed by atoms with E-state index in [2.05, 4.69) is 6.92 Å². The van der Waals surface area contributed by atoms with E-state index in [-0.39, 0.29) is 17.4 Å². The Morgan fingerprint density at radius 3 is 2.79 bits per heavy atom. The second-order valence-electron chi connectivity index (χ2n) is 5.24. The van der Waals surface area contributed by atoms with Gasteiger partial charge < -0.3 is 10.8 Å². The first-order chi connectivity index (χ1) is 6.54. The average molecular weight is 197 g/mol. The van der Waals surface area contributed by atoms with Crippen LogP contribution in [-0.2, 0) is 4.79 Å². The van der Waals surface area contributed by atoms with Crippen molar-refractivity contribution in [3.05, 3.63) is 0 Å². The highest BCUT2D eigenvalue weighted by atomic mass is 16.4. The van der Waals surface area contributed by atoms with E-state index in [4.69, 9.17) is 5.73 Å². The number of fused-ring (bicyclic) bond motifs is 4. The fourth-order valence-electron chi connectivity index (χ4n) is 3.45. The lowest BCUT2D eigenvalue weighted by molar-refractivity contribution is -0.150. The molecular formula is C11H19NO2. The number of aliphatic carboxylic acids is 1. The highest BCUT2D eigenvalue weighted by Crippen LogP contribution is 2.50. The largest absolute Gasteiger partial charge is 0.481 e. The SMILES string of the molecule is CC12CCCC(CC1)C(N)C2C(=O)O. The molecule has 3 fully saturated rings. The number of carboxylic acids is 1. The molecule has 3 aliphatic rings. The zero-order valence-electron chi connectivity index (χ0n) is 8.70. The Morgan fingerprint density at radius 1 is 1.43 bits per heavy atom. The average Bonchev–Trinajstić information content (AvgIpc) is 2.32. The van der Waals surface area contributed by atoms with Crippen LogP contribution >= 0.6 is 0 Å². The van der Waals surface area contributed by atoms with E-state index < -0.39 is 5.97 Å². The quantitative estimate of drug-likeness (QED) is 0.671. The second kappa shape index (κ2) is 3.23. The third-order valence-electron chi connectivity index (χ3n) is 4.36. The predicted molar refractivity (Wildman–Crippen MR) is 53.8 cm³/mol. The van der Waals surface area contributed by atoms with E-state index >= 15 is 0 Å². The van der Waals surface area contributed by atoms with E-state index in [9.17, 15) is 9.90 Å². The Kier molecular flexibility index (Phi) is 2.30. The van der Waals surface area contributed by atoms with Gasteiger partial charge in [0, 0.05) is 6.04 Å². The normalized spacial score (nSPS) is 47.4. The minimum absolute atomic E-state index is 0.0434. The van der Waals surface area contributed by atoms with E-state index in [1.807, 2.05) is 0 Å². The zero-order valence-corrected chi connectivity index (χ0v) is 8.70. The number of hydrogen-bond donors (Lipinski definition) is 2. The van der Waals surface area contributed by atoms with Gasteiger partial charge in [-0.05, 0) is 37.0 Å². The van der Waals surface area contributed by atoms with Crippen LogP contribution in [0.3, 0.4) is 0 Å². The molecule has 3 heteroatoms. The third-order valence-corrected chi connectivity index (χ3v) is 4.36. The lowest BCUT2D eigenvalue weighted by Gasteiger charge is -2.43. The molecule has 4 atom stereocenters. The topological polar surface area (TPSA) is 63.3 Å². The Labute approximate surface area is 84.7 Å². The Hall–Kier alpha value is -0.570. The van der Waals surface area contributed by atoms with E-state index in [0.717, 1.165) is 32.1 Å². The summed E-state index contributed by atoms with van der Waals surface area (Å²) in [5, 5.41) is 9.24. The maximum absolute atomic E-state index is 11.2. The monoisotopic (exact) mass is 197 g/mol. The molecule has 3 nitrogen and oxygen atoms in total. The second-order valence-corrected chi connectivity index (χ2v) is 5.24. The van der Waals surface area contributed by atoms with Crippen molar-refractivity contribution in [2.45, 2.75) is 45.1 Å². The zero-order chi connectivity index (χ0) is 10.3.